The first-order chi connectivity index (χ1) is 18.4. The molecule has 1 fully saturated rings. The maximum Gasteiger partial charge on any atom is 0.338 e. The number of rotatable bonds is 14. The fraction of sp³-hybridized carbons (Fsp3) is 0.562. The van der Waals surface area contributed by atoms with Crippen molar-refractivity contribution in [2.45, 2.75) is 78.7 Å². The van der Waals surface area contributed by atoms with Gasteiger partial charge in [-0.2, -0.15) is 0 Å². The molecule has 0 N–H and O–H groups in total. The Kier molecular flexibility index (Phi) is 12.0. The molecule has 3 atom stereocenters. The molecule has 0 spiro atoms. The Hall–Kier alpha value is -3.02. The molecule has 2 aromatic carbocycles. The van der Waals surface area contributed by atoms with Crippen LogP contribution >= 0.6 is 0 Å². The highest BCUT2D eigenvalue weighted by molar-refractivity contribution is 5.90. The number of benzene rings is 2. The molecule has 0 heterocycles. The zero-order valence-corrected chi connectivity index (χ0v) is 23.4. The SMILES string of the molecule is CC[C@@H](C)COc1ccc(C(=O)OCC(OC(=O)c2ccc(OC[C@H](C)CC)cc2)C2CCCCC2)cc1. The van der Waals surface area contributed by atoms with E-state index in [1.54, 1.807) is 48.5 Å². The predicted octanol–water partition coefficient (Wildman–Crippen LogP) is 7.50. The molecule has 1 saturated carbocycles. The van der Waals surface area contributed by atoms with Gasteiger partial charge in [0.2, 0.25) is 0 Å². The van der Waals surface area contributed by atoms with Crippen molar-refractivity contribution in [3.63, 3.8) is 0 Å². The summed E-state index contributed by atoms with van der Waals surface area (Å²) in [7, 11) is 0. The Labute approximate surface area is 228 Å². The first kappa shape index (κ1) is 29.5. The van der Waals surface area contributed by atoms with Gasteiger partial charge in [0.25, 0.3) is 0 Å². The number of hydrogen-bond acceptors (Lipinski definition) is 6. The van der Waals surface area contributed by atoms with Crippen molar-refractivity contribution >= 4 is 11.9 Å². The maximum atomic E-state index is 13.0. The van der Waals surface area contributed by atoms with Gasteiger partial charge in [-0.3, -0.25) is 0 Å². The molecule has 0 saturated heterocycles. The summed E-state index contributed by atoms with van der Waals surface area (Å²) in [6.07, 6.45) is 6.90. The lowest BCUT2D eigenvalue weighted by atomic mass is 9.85. The molecular weight excluding hydrogens is 480 g/mol. The first-order valence-electron chi connectivity index (χ1n) is 14.2. The van der Waals surface area contributed by atoms with Crippen LogP contribution in [0.25, 0.3) is 0 Å². The number of carbonyl (C=O) groups excluding carboxylic acids is 2. The summed E-state index contributed by atoms with van der Waals surface area (Å²) in [5.41, 5.74) is 0.906. The van der Waals surface area contributed by atoms with Crippen LogP contribution in [0.2, 0.25) is 0 Å². The van der Waals surface area contributed by atoms with Crippen LogP contribution < -0.4 is 9.47 Å². The quantitative estimate of drug-likeness (QED) is 0.238. The second-order valence-electron chi connectivity index (χ2n) is 10.6. The summed E-state index contributed by atoms with van der Waals surface area (Å²) in [4.78, 5) is 25.7. The zero-order chi connectivity index (χ0) is 27.3. The third-order valence-electron chi connectivity index (χ3n) is 7.46. The van der Waals surface area contributed by atoms with Gasteiger partial charge in [0, 0.05) is 0 Å². The molecule has 0 aliphatic heterocycles. The Morgan fingerprint density at radius 3 is 1.66 bits per heavy atom. The second kappa shape index (κ2) is 15.4. The van der Waals surface area contributed by atoms with Gasteiger partial charge in [0.05, 0.1) is 24.3 Å². The molecule has 6 heteroatoms. The van der Waals surface area contributed by atoms with E-state index in [2.05, 4.69) is 27.7 Å². The van der Waals surface area contributed by atoms with E-state index in [4.69, 9.17) is 18.9 Å². The number of carbonyl (C=O) groups is 2. The van der Waals surface area contributed by atoms with Gasteiger partial charge in [-0.05, 0) is 79.1 Å². The lowest BCUT2D eigenvalue weighted by Crippen LogP contribution is -2.33. The van der Waals surface area contributed by atoms with Gasteiger partial charge in [-0.25, -0.2) is 9.59 Å². The van der Waals surface area contributed by atoms with Crippen LogP contribution in [0.3, 0.4) is 0 Å². The highest BCUT2D eigenvalue weighted by Gasteiger charge is 2.29. The van der Waals surface area contributed by atoms with E-state index in [9.17, 15) is 9.59 Å². The lowest BCUT2D eigenvalue weighted by molar-refractivity contribution is -0.0247. The van der Waals surface area contributed by atoms with Crippen LogP contribution in [-0.2, 0) is 9.47 Å². The third-order valence-corrected chi connectivity index (χ3v) is 7.46. The predicted molar refractivity (Wildman–Crippen MR) is 149 cm³/mol. The monoisotopic (exact) mass is 524 g/mol. The topological polar surface area (TPSA) is 71.1 Å². The van der Waals surface area contributed by atoms with Gasteiger partial charge < -0.3 is 18.9 Å². The van der Waals surface area contributed by atoms with Crippen molar-refractivity contribution in [2.24, 2.45) is 17.8 Å². The van der Waals surface area contributed by atoms with Crippen LogP contribution in [0, 0.1) is 17.8 Å². The van der Waals surface area contributed by atoms with E-state index in [-0.39, 0.29) is 12.5 Å². The highest BCUT2D eigenvalue weighted by Crippen LogP contribution is 2.29. The molecule has 1 aliphatic rings. The molecule has 1 aliphatic carbocycles. The fourth-order valence-corrected chi connectivity index (χ4v) is 4.31. The van der Waals surface area contributed by atoms with Gasteiger partial charge in [0.1, 0.15) is 24.2 Å². The molecular formula is C32H44O6. The molecule has 1 unspecified atom stereocenters. The normalized spacial score (nSPS) is 16.2. The maximum absolute atomic E-state index is 13.0. The molecule has 0 amide bonds. The van der Waals surface area contributed by atoms with E-state index < -0.39 is 18.0 Å². The summed E-state index contributed by atoms with van der Waals surface area (Å²) in [5, 5.41) is 0. The van der Waals surface area contributed by atoms with E-state index in [0.717, 1.165) is 50.0 Å². The molecule has 0 radical (unpaired) electrons. The number of ether oxygens (including phenoxy) is 4. The largest absolute Gasteiger partial charge is 0.493 e. The number of hydrogen-bond donors (Lipinski definition) is 0. The van der Waals surface area contributed by atoms with Gasteiger partial charge in [-0.15, -0.1) is 0 Å². The summed E-state index contributed by atoms with van der Waals surface area (Å²) < 4.78 is 23.1. The highest BCUT2D eigenvalue weighted by atomic mass is 16.6. The van der Waals surface area contributed by atoms with Crippen molar-refractivity contribution in [1.29, 1.82) is 0 Å². The summed E-state index contributed by atoms with van der Waals surface area (Å²) in [6, 6.07) is 14.0. The first-order valence-corrected chi connectivity index (χ1v) is 14.2. The minimum atomic E-state index is -0.480. The van der Waals surface area contributed by atoms with Crippen LogP contribution in [0.1, 0.15) is 93.4 Å². The van der Waals surface area contributed by atoms with Crippen LogP contribution in [-0.4, -0.2) is 37.9 Å². The molecule has 0 bridgehead atoms. The molecule has 0 aromatic heterocycles. The fourth-order valence-electron chi connectivity index (χ4n) is 4.31. The molecule has 2 aromatic rings. The van der Waals surface area contributed by atoms with Crippen molar-refractivity contribution < 1.29 is 28.5 Å². The Morgan fingerprint density at radius 2 is 1.18 bits per heavy atom. The van der Waals surface area contributed by atoms with E-state index in [0.29, 0.717) is 36.2 Å². The van der Waals surface area contributed by atoms with Crippen LogP contribution in [0.4, 0.5) is 0 Å². The minimum absolute atomic E-state index is 0.0393. The van der Waals surface area contributed by atoms with Crippen molar-refractivity contribution in [1.82, 2.24) is 0 Å². The van der Waals surface area contributed by atoms with Crippen molar-refractivity contribution in [3.8, 4) is 11.5 Å². The molecule has 6 nitrogen and oxygen atoms in total. The number of esters is 2. The Balaban J connectivity index is 1.57. The van der Waals surface area contributed by atoms with E-state index >= 15 is 0 Å². The molecule has 208 valence electrons. The summed E-state index contributed by atoms with van der Waals surface area (Å²) >= 11 is 0. The van der Waals surface area contributed by atoms with Gasteiger partial charge >= 0.3 is 11.9 Å². The average Bonchev–Trinajstić information content (AvgIpc) is 2.97. The Bertz CT molecular complexity index is 978. The minimum Gasteiger partial charge on any atom is -0.493 e. The van der Waals surface area contributed by atoms with Crippen molar-refractivity contribution in [3.05, 3.63) is 59.7 Å². The second-order valence-corrected chi connectivity index (χ2v) is 10.6. The van der Waals surface area contributed by atoms with Crippen molar-refractivity contribution in [2.75, 3.05) is 19.8 Å². The Morgan fingerprint density at radius 1 is 0.711 bits per heavy atom. The van der Waals surface area contributed by atoms with Crippen LogP contribution in [0.5, 0.6) is 11.5 Å². The van der Waals surface area contributed by atoms with E-state index in [1.807, 2.05) is 0 Å². The third kappa shape index (κ3) is 9.38. The van der Waals surface area contributed by atoms with Crippen LogP contribution in [0.15, 0.2) is 48.5 Å². The summed E-state index contributed by atoms with van der Waals surface area (Å²) in [5.74, 6) is 1.74. The molecule has 3 rings (SSSR count). The summed E-state index contributed by atoms with van der Waals surface area (Å²) in [6.45, 7) is 9.87. The molecule has 38 heavy (non-hydrogen) atoms. The lowest BCUT2D eigenvalue weighted by Gasteiger charge is -2.29. The van der Waals surface area contributed by atoms with E-state index in [1.165, 1.54) is 6.42 Å². The smallest absolute Gasteiger partial charge is 0.338 e. The average molecular weight is 525 g/mol. The zero-order valence-electron chi connectivity index (χ0n) is 23.4. The van der Waals surface area contributed by atoms with Gasteiger partial charge in [-0.1, -0.05) is 59.8 Å². The standard InChI is InChI=1S/C32H44O6/c1-5-23(3)20-35-28-16-12-26(13-17-28)31(33)37-22-30(25-10-8-7-9-11-25)38-32(34)27-14-18-29(19-15-27)36-21-24(4)6-2/h12-19,23-25,30H,5-11,20-22H2,1-4H3/t23-,24-,30?/m1/s1. The van der Waals surface area contributed by atoms with Gasteiger partial charge in [0.15, 0.2) is 0 Å².